The van der Waals surface area contributed by atoms with E-state index in [9.17, 15) is 4.79 Å². The van der Waals surface area contributed by atoms with E-state index >= 15 is 0 Å². The molecule has 5 rings (SSSR count). The Morgan fingerprint density at radius 2 is 1.52 bits per heavy atom. The van der Waals surface area contributed by atoms with Crippen LogP contribution in [-0.4, -0.2) is 20.8 Å². The number of nitrogens with zero attached hydrogens (tertiary/aromatic N) is 3. The molecular formula is C26H18BrN3O. The van der Waals surface area contributed by atoms with E-state index < -0.39 is 0 Å². The van der Waals surface area contributed by atoms with Crippen molar-refractivity contribution in [2.45, 2.75) is 6.54 Å². The third-order valence-electron chi connectivity index (χ3n) is 5.25. The van der Waals surface area contributed by atoms with Gasteiger partial charge in [-0.25, -0.2) is 4.68 Å². The molecule has 0 saturated heterocycles. The molecule has 0 aliphatic carbocycles. The van der Waals surface area contributed by atoms with Crippen LogP contribution < -0.4 is 0 Å². The van der Waals surface area contributed by atoms with Crippen LogP contribution in [0.1, 0.15) is 21.6 Å². The van der Waals surface area contributed by atoms with Gasteiger partial charge < -0.3 is 0 Å². The minimum Gasteiger partial charge on any atom is -0.287 e. The molecule has 1 heterocycles. The predicted molar refractivity (Wildman–Crippen MR) is 126 cm³/mol. The fourth-order valence-electron chi connectivity index (χ4n) is 3.69. The molecule has 0 fully saturated rings. The maximum atomic E-state index is 13.3. The summed E-state index contributed by atoms with van der Waals surface area (Å²) >= 11 is 3.42. The third kappa shape index (κ3) is 3.92. The van der Waals surface area contributed by atoms with Crippen molar-refractivity contribution in [1.82, 2.24) is 15.0 Å². The molecule has 0 radical (unpaired) electrons. The van der Waals surface area contributed by atoms with E-state index in [1.54, 1.807) is 12.1 Å². The lowest BCUT2D eigenvalue weighted by molar-refractivity contribution is 0.103. The average Bonchev–Trinajstić information content (AvgIpc) is 3.23. The van der Waals surface area contributed by atoms with Crippen molar-refractivity contribution < 1.29 is 4.79 Å². The summed E-state index contributed by atoms with van der Waals surface area (Å²) in [5.74, 6) is -0.144. The number of carbonyl (C=O) groups is 1. The Morgan fingerprint density at radius 3 is 2.29 bits per heavy atom. The predicted octanol–water partition coefficient (Wildman–Crippen LogP) is 6.14. The molecule has 0 spiro atoms. The van der Waals surface area contributed by atoms with Gasteiger partial charge in [-0.05, 0) is 46.7 Å². The minimum absolute atomic E-state index is 0.144. The largest absolute Gasteiger partial charge is 0.287 e. The van der Waals surface area contributed by atoms with E-state index in [0.717, 1.165) is 32.1 Å². The smallest absolute Gasteiger partial charge is 0.215 e. The van der Waals surface area contributed by atoms with Crippen LogP contribution in [0.4, 0.5) is 0 Å². The van der Waals surface area contributed by atoms with Crippen LogP contribution in [0.25, 0.3) is 22.0 Å². The van der Waals surface area contributed by atoms with Gasteiger partial charge in [0.25, 0.3) is 0 Å². The number of hydrogen-bond acceptors (Lipinski definition) is 3. The van der Waals surface area contributed by atoms with E-state index in [1.165, 1.54) is 0 Å². The minimum atomic E-state index is -0.144. The molecule has 5 heteroatoms. The highest BCUT2D eigenvalue weighted by Crippen LogP contribution is 2.28. The average molecular weight is 468 g/mol. The monoisotopic (exact) mass is 467 g/mol. The summed E-state index contributed by atoms with van der Waals surface area (Å²) < 4.78 is 2.73. The SMILES string of the molecule is O=C(c1ccc(Br)cc1)c1nnn(Cc2ccccc2)c1-c1ccc2ccccc2c1. The summed E-state index contributed by atoms with van der Waals surface area (Å²) in [7, 11) is 0. The molecule has 4 nitrogen and oxygen atoms in total. The molecule has 4 aromatic carbocycles. The fraction of sp³-hybridized carbons (Fsp3) is 0.0385. The molecular weight excluding hydrogens is 450 g/mol. The quantitative estimate of drug-likeness (QED) is 0.291. The molecule has 0 amide bonds. The number of hydrogen-bond donors (Lipinski definition) is 0. The van der Waals surface area contributed by atoms with Crippen LogP contribution in [0.3, 0.4) is 0 Å². The van der Waals surface area contributed by atoms with Crippen molar-refractivity contribution in [3.05, 3.63) is 118 Å². The van der Waals surface area contributed by atoms with Crippen molar-refractivity contribution in [2.24, 2.45) is 0 Å². The first-order valence-corrected chi connectivity index (χ1v) is 10.8. The Kier molecular flexibility index (Phi) is 5.18. The summed E-state index contributed by atoms with van der Waals surface area (Å²) in [5.41, 5.74) is 3.67. The zero-order valence-corrected chi connectivity index (χ0v) is 18.2. The van der Waals surface area contributed by atoms with Gasteiger partial charge in [0.15, 0.2) is 5.69 Å². The van der Waals surface area contributed by atoms with Crippen molar-refractivity contribution in [1.29, 1.82) is 0 Å². The van der Waals surface area contributed by atoms with E-state index in [2.05, 4.69) is 50.5 Å². The topological polar surface area (TPSA) is 47.8 Å². The maximum Gasteiger partial charge on any atom is 0.215 e. The fourth-order valence-corrected chi connectivity index (χ4v) is 3.96. The van der Waals surface area contributed by atoms with Crippen molar-refractivity contribution in [3.8, 4) is 11.3 Å². The van der Waals surface area contributed by atoms with Gasteiger partial charge in [-0.2, -0.15) is 0 Å². The standard InChI is InChI=1S/C26H18BrN3O/c27-23-14-12-20(13-15-23)26(31)24-25(22-11-10-19-8-4-5-9-21(19)16-22)30(29-28-24)17-18-6-2-1-3-7-18/h1-16H,17H2. The van der Waals surface area contributed by atoms with Gasteiger partial charge in [-0.3, -0.25) is 4.79 Å². The van der Waals surface area contributed by atoms with Gasteiger partial charge in [0.1, 0.15) is 5.69 Å². The van der Waals surface area contributed by atoms with Gasteiger partial charge in [0.05, 0.1) is 6.54 Å². The Morgan fingerprint density at radius 1 is 0.806 bits per heavy atom. The second-order valence-electron chi connectivity index (χ2n) is 7.33. The van der Waals surface area contributed by atoms with Crippen molar-refractivity contribution in [3.63, 3.8) is 0 Å². The molecule has 5 aromatic rings. The maximum absolute atomic E-state index is 13.3. The lowest BCUT2D eigenvalue weighted by atomic mass is 10.0. The first kappa shape index (κ1) is 19.4. The van der Waals surface area contributed by atoms with Crippen molar-refractivity contribution >= 4 is 32.5 Å². The lowest BCUT2D eigenvalue weighted by Gasteiger charge is -2.10. The summed E-state index contributed by atoms with van der Waals surface area (Å²) in [6, 6.07) is 31.7. The molecule has 0 aliphatic heterocycles. The van der Waals surface area contributed by atoms with Crippen LogP contribution >= 0.6 is 15.9 Å². The van der Waals surface area contributed by atoms with E-state index in [0.29, 0.717) is 17.8 Å². The summed E-state index contributed by atoms with van der Waals surface area (Å²) in [5, 5.41) is 10.9. The number of aromatic nitrogens is 3. The Balaban J connectivity index is 1.65. The molecule has 0 aliphatic rings. The molecule has 31 heavy (non-hydrogen) atoms. The molecule has 0 bridgehead atoms. The molecule has 150 valence electrons. The molecule has 0 unspecified atom stereocenters. The molecule has 0 atom stereocenters. The Hall–Kier alpha value is -3.57. The molecule has 0 saturated carbocycles. The number of fused-ring (bicyclic) bond motifs is 1. The van der Waals surface area contributed by atoms with Gasteiger partial charge in [0.2, 0.25) is 5.78 Å². The number of benzene rings is 4. The van der Waals surface area contributed by atoms with Crippen LogP contribution in [-0.2, 0) is 6.54 Å². The highest BCUT2D eigenvalue weighted by atomic mass is 79.9. The van der Waals surface area contributed by atoms with Crippen LogP contribution in [0.15, 0.2) is 102 Å². The number of halogens is 1. The highest BCUT2D eigenvalue weighted by molar-refractivity contribution is 9.10. The Labute approximate surface area is 188 Å². The van der Waals surface area contributed by atoms with E-state index in [-0.39, 0.29) is 5.78 Å². The first-order chi connectivity index (χ1) is 15.2. The van der Waals surface area contributed by atoms with Crippen LogP contribution in [0.5, 0.6) is 0 Å². The number of ketones is 1. The van der Waals surface area contributed by atoms with Crippen LogP contribution in [0, 0.1) is 0 Å². The number of rotatable bonds is 5. The van der Waals surface area contributed by atoms with Gasteiger partial charge in [-0.1, -0.05) is 87.9 Å². The van der Waals surface area contributed by atoms with E-state index in [1.807, 2.05) is 65.3 Å². The number of carbonyl (C=O) groups excluding carboxylic acids is 1. The summed E-state index contributed by atoms with van der Waals surface area (Å²) in [4.78, 5) is 13.3. The zero-order valence-electron chi connectivity index (χ0n) is 16.6. The first-order valence-electron chi connectivity index (χ1n) is 9.96. The molecule has 0 N–H and O–H groups in total. The second-order valence-corrected chi connectivity index (χ2v) is 8.24. The Bertz CT molecular complexity index is 1380. The van der Waals surface area contributed by atoms with Gasteiger partial charge >= 0.3 is 0 Å². The van der Waals surface area contributed by atoms with Crippen LogP contribution in [0.2, 0.25) is 0 Å². The normalized spacial score (nSPS) is 11.0. The third-order valence-corrected chi connectivity index (χ3v) is 5.78. The summed E-state index contributed by atoms with van der Waals surface area (Å²) in [6.07, 6.45) is 0. The highest BCUT2D eigenvalue weighted by Gasteiger charge is 2.23. The lowest BCUT2D eigenvalue weighted by Crippen LogP contribution is -2.07. The van der Waals surface area contributed by atoms with Crippen molar-refractivity contribution in [2.75, 3.05) is 0 Å². The zero-order chi connectivity index (χ0) is 21.2. The summed E-state index contributed by atoms with van der Waals surface area (Å²) in [6.45, 7) is 0.531. The van der Waals surface area contributed by atoms with E-state index in [4.69, 9.17) is 0 Å². The second kappa shape index (κ2) is 8.28. The van der Waals surface area contributed by atoms with Gasteiger partial charge in [0, 0.05) is 15.6 Å². The van der Waals surface area contributed by atoms with Gasteiger partial charge in [-0.15, -0.1) is 5.10 Å². The molecule has 1 aromatic heterocycles.